The molecule has 0 amide bonds. The number of phenolic OH excluding ortho intramolecular Hbond substituents is 1. The molecule has 0 spiro atoms. The number of nitrogens with zero attached hydrogens (tertiary/aromatic N) is 1. The Kier molecular flexibility index (Phi) is 2.15. The first kappa shape index (κ1) is 9.42. The van der Waals surface area contributed by atoms with Crippen molar-refractivity contribution in [3.8, 4) is 17.0 Å². The van der Waals surface area contributed by atoms with E-state index >= 15 is 0 Å². The molecule has 0 radical (unpaired) electrons. The van der Waals surface area contributed by atoms with E-state index in [2.05, 4.69) is 10.5 Å². The molecule has 0 unspecified atom stereocenters. The largest absolute Gasteiger partial charge is 0.508 e. The van der Waals surface area contributed by atoms with E-state index in [1.807, 2.05) is 12.1 Å². The second-order valence-corrected chi connectivity index (χ2v) is 3.91. The molecule has 0 aliphatic carbocycles. The average Bonchev–Trinajstić information content (AvgIpc) is 2.72. The molecule has 0 saturated carbocycles. The van der Waals surface area contributed by atoms with Gasteiger partial charge in [0.25, 0.3) is 0 Å². The van der Waals surface area contributed by atoms with Crippen molar-refractivity contribution in [3.63, 3.8) is 0 Å². The lowest BCUT2D eigenvalue weighted by molar-refractivity contribution is 0.367. The maximum Gasteiger partial charge on any atom is 0.154 e. The molecule has 16 heavy (non-hydrogen) atoms. The van der Waals surface area contributed by atoms with E-state index in [9.17, 15) is 5.11 Å². The summed E-state index contributed by atoms with van der Waals surface area (Å²) in [5, 5.41) is 16.8. The summed E-state index contributed by atoms with van der Waals surface area (Å²) in [6.45, 7) is 1.68. The molecule has 2 N–H and O–H groups in total. The lowest BCUT2D eigenvalue weighted by Crippen LogP contribution is -2.22. The second-order valence-electron chi connectivity index (χ2n) is 3.91. The van der Waals surface area contributed by atoms with E-state index in [0.717, 1.165) is 42.1 Å². The number of rotatable bonds is 1. The normalized spacial score (nSPS) is 14.8. The van der Waals surface area contributed by atoms with Crippen molar-refractivity contribution in [1.29, 1.82) is 0 Å². The highest BCUT2D eigenvalue weighted by molar-refractivity contribution is 5.65. The van der Waals surface area contributed by atoms with Crippen LogP contribution in [-0.2, 0) is 13.0 Å². The molecule has 0 saturated heterocycles. The van der Waals surface area contributed by atoms with Crippen LogP contribution in [0.4, 0.5) is 0 Å². The lowest BCUT2D eigenvalue weighted by Gasteiger charge is -2.10. The third-order valence-corrected chi connectivity index (χ3v) is 2.83. The Morgan fingerprint density at radius 3 is 3.19 bits per heavy atom. The highest BCUT2D eigenvalue weighted by Crippen LogP contribution is 2.29. The summed E-state index contributed by atoms with van der Waals surface area (Å²) in [5.41, 5.74) is 2.92. The zero-order chi connectivity index (χ0) is 11.0. The molecular formula is C12H12N2O2. The molecule has 1 aliphatic heterocycles. The van der Waals surface area contributed by atoms with Crippen LogP contribution in [0.15, 0.2) is 28.8 Å². The molecule has 3 rings (SSSR count). The number of nitrogens with one attached hydrogen (secondary N) is 1. The average molecular weight is 216 g/mol. The van der Waals surface area contributed by atoms with Gasteiger partial charge in [-0.3, -0.25) is 0 Å². The zero-order valence-electron chi connectivity index (χ0n) is 8.73. The Hall–Kier alpha value is -1.81. The van der Waals surface area contributed by atoms with Crippen molar-refractivity contribution in [1.82, 2.24) is 10.5 Å². The molecule has 0 fully saturated rings. The van der Waals surface area contributed by atoms with Crippen LogP contribution in [-0.4, -0.2) is 16.8 Å². The Labute approximate surface area is 92.9 Å². The molecule has 2 aromatic rings. The van der Waals surface area contributed by atoms with Gasteiger partial charge in [0.15, 0.2) is 5.76 Å². The topological polar surface area (TPSA) is 58.3 Å². The first-order valence-corrected chi connectivity index (χ1v) is 5.32. The van der Waals surface area contributed by atoms with E-state index in [1.54, 1.807) is 12.1 Å². The second kappa shape index (κ2) is 3.64. The lowest BCUT2D eigenvalue weighted by atomic mass is 10.0. The van der Waals surface area contributed by atoms with Crippen molar-refractivity contribution < 1.29 is 9.63 Å². The van der Waals surface area contributed by atoms with Gasteiger partial charge in [0.2, 0.25) is 0 Å². The number of aromatic nitrogens is 1. The molecular weight excluding hydrogens is 204 g/mol. The summed E-state index contributed by atoms with van der Waals surface area (Å²) in [6.07, 6.45) is 0.920. The fraction of sp³-hybridized carbons (Fsp3) is 0.250. The fourth-order valence-electron chi connectivity index (χ4n) is 2.04. The quantitative estimate of drug-likeness (QED) is 0.761. The summed E-state index contributed by atoms with van der Waals surface area (Å²) >= 11 is 0. The van der Waals surface area contributed by atoms with Gasteiger partial charge in [0, 0.05) is 11.1 Å². The molecule has 2 heterocycles. The number of hydrogen-bond acceptors (Lipinski definition) is 4. The van der Waals surface area contributed by atoms with Gasteiger partial charge in [-0.05, 0) is 25.1 Å². The number of phenols is 1. The van der Waals surface area contributed by atoms with E-state index in [-0.39, 0.29) is 5.75 Å². The van der Waals surface area contributed by atoms with Gasteiger partial charge in [-0.15, -0.1) is 0 Å². The highest BCUT2D eigenvalue weighted by Gasteiger charge is 2.19. The summed E-state index contributed by atoms with van der Waals surface area (Å²) in [4.78, 5) is 0. The van der Waals surface area contributed by atoms with Crippen LogP contribution >= 0.6 is 0 Å². The number of hydrogen-bond donors (Lipinski definition) is 2. The fourth-order valence-corrected chi connectivity index (χ4v) is 2.04. The van der Waals surface area contributed by atoms with Crippen molar-refractivity contribution in [2.24, 2.45) is 0 Å². The van der Waals surface area contributed by atoms with Crippen LogP contribution in [0.5, 0.6) is 5.75 Å². The van der Waals surface area contributed by atoms with Crippen molar-refractivity contribution >= 4 is 0 Å². The van der Waals surface area contributed by atoms with Gasteiger partial charge in [-0.2, -0.15) is 0 Å². The number of fused-ring (bicyclic) bond motifs is 1. The van der Waals surface area contributed by atoms with Crippen LogP contribution in [0.3, 0.4) is 0 Å². The van der Waals surface area contributed by atoms with E-state index in [0.29, 0.717) is 0 Å². The minimum absolute atomic E-state index is 0.253. The smallest absolute Gasteiger partial charge is 0.154 e. The molecule has 4 nitrogen and oxygen atoms in total. The van der Waals surface area contributed by atoms with Crippen molar-refractivity contribution in [2.75, 3.05) is 6.54 Å². The van der Waals surface area contributed by atoms with Crippen LogP contribution in [0.25, 0.3) is 11.3 Å². The van der Waals surface area contributed by atoms with Gasteiger partial charge in [0.05, 0.1) is 6.54 Å². The predicted octanol–water partition coefficient (Wildman–Crippen LogP) is 1.69. The molecule has 0 atom stereocenters. The molecule has 1 aromatic heterocycles. The summed E-state index contributed by atoms with van der Waals surface area (Å²) < 4.78 is 5.29. The Morgan fingerprint density at radius 2 is 2.31 bits per heavy atom. The van der Waals surface area contributed by atoms with Crippen LogP contribution in [0, 0.1) is 0 Å². The van der Waals surface area contributed by atoms with Crippen LogP contribution < -0.4 is 5.32 Å². The van der Waals surface area contributed by atoms with Gasteiger partial charge in [-0.1, -0.05) is 17.3 Å². The predicted molar refractivity (Wildman–Crippen MR) is 59.0 cm³/mol. The minimum Gasteiger partial charge on any atom is -0.508 e. The Bertz CT molecular complexity index is 519. The summed E-state index contributed by atoms with van der Waals surface area (Å²) in [7, 11) is 0. The van der Waals surface area contributed by atoms with E-state index in [1.165, 1.54) is 0 Å². The molecule has 1 aliphatic rings. The number of aromatic hydroxyl groups is 1. The SMILES string of the molecule is Oc1cccc(-c2noc3c2CCNC3)c1. The van der Waals surface area contributed by atoms with Gasteiger partial charge < -0.3 is 14.9 Å². The van der Waals surface area contributed by atoms with Crippen molar-refractivity contribution in [2.45, 2.75) is 13.0 Å². The molecule has 4 heteroatoms. The first-order valence-electron chi connectivity index (χ1n) is 5.32. The Morgan fingerprint density at radius 1 is 1.38 bits per heavy atom. The zero-order valence-corrected chi connectivity index (χ0v) is 8.73. The van der Waals surface area contributed by atoms with Gasteiger partial charge in [0.1, 0.15) is 11.4 Å². The summed E-state index contributed by atoms with van der Waals surface area (Å²) in [5.74, 6) is 1.16. The molecule has 0 bridgehead atoms. The standard InChI is InChI=1S/C12H12N2O2/c15-9-3-1-2-8(6-9)12-10-4-5-13-7-11(10)16-14-12/h1-3,6,13,15H,4-5,7H2. The van der Waals surface area contributed by atoms with Crippen LogP contribution in [0.2, 0.25) is 0 Å². The van der Waals surface area contributed by atoms with Crippen molar-refractivity contribution in [3.05, 3.63) is 35.6 Å². The monoisotopic (exact) mass is 216 g/mol. The highest BCUT2D eigenvalue weighted by atomic mass is 16.5. The first-order chi connectivity index (χ1) is 7.84. The molecule has 82 valence electrons. The minimum atomic E-state index is 0.253. The maximum absolute atomic E-state index is 9.45. The third kappa shape index (κ3) is 1.47. The van der Waals surface area contributed by atoms with Gasteiger partial charge in [-0.25, -0.2) is 0 Å². The third-order valence-electron chi connectivity index (χ3n) is 2.83. The number of benzene rings is 1. The Balaban J connectivity index is 2.09. The summed E-state index contributed by atoms with van der Waals surface area (Å²) in [6, 6.07) is 7.10. The molecule has 1 aromatic carbocycles. The van der Waals surface area contributed by atoms with Gasteiger partial charge >= 0.3 is 0 Å². The van der Waals surface area contributed by atoms with E-state index in [4.69, 9.17) is 4.52 Å². The maximum atomic E-state index is 9.45. The van der Waals surface area contributed by atoms with E-state index < -0.39 is 0 Å². The van der Waals surface area contributed by atoms with Crippen LogP contribution in [0.1, 0.15) is 11.3 Å².